The minimum absolute atomic E-state index is 0.103. The van der Waals surface area contributed by atoms with Gasteiger partial charge < -0.3 is 21.7 Å². The van der Waals surface area contributed by atoms with Gasteiger partial charge in [0.1, 0.15) is 11.6 Å². The van der Waals surface area contributed by atoms with Crippen LogP contribution in [-0.2, 0) is 16.0 Å². The lowest BCUT2D eigenvalue weighted by Crippen LogP contribution is -2.41. The maximum Gasteiger partial charge on any atom is 0.237 e. The van der Waals surface area contributed by atoms with Crippen LogP contribution in [0.3, 0.4) is 0 Å². The number of allylic oxidation sites excluding steroid dienone is 4. The number of carbonyl (C=O) groups is 2. The first kappa shape index (κ1) is 38.3. The van der Waals surface area contributed by atoms with Gasteiger partial charge in [0.15, 0.2) is 0 Å². The van der Waals surface area contributed by atoms with Crippen LogP contribution in [0.1, 0.15) is 85.1 Å². The van der Waals surface area contributed by atoms with E-state index < -0.39 is 17.7 Å². The molecule has 3 rings (SSSR count). The Morgan fingerprint density at radius 2 is 1.87 bits per heavy atom. The maximum absolute atomic E-state index is 13.4. The van der Waals surface area contributed by atoms with Crippen molar-refractivity contribution in [3.05, 3.63) is 70.3 Å². The summed E-state index contributed by atoms with van der Waals surface area (Å²) in [6.45, 7) is 15.4. The SMILES string of the molecule is CC1=CCC=C(C2CCN(C=O)CC2)C(CNC(=O)C(N)CCCCN)=C1.CCN(CCCc1ccc(F)cc1F)C(C)(C)C. The quantitative estimate of drug-likeness (QED) is 0.182. The van der Waals surface area contributed by atoms with Crippen molar-refractivity contribution >= 4 is 12.3 Å². The maximum atomic E-state index is 13.4. The highest BCUT2D eigenvalue weighted by molar-refractivity contribution is 5.81. The van der Waals surface area contributed by atoms with Crippen LogP contribution < -0.4 is 16.8 Å². The number of nitrogens with one attached hydrogen (secondary N) is 1. The summed E-state index contributed by atoms with van der Waals surface area (Å²) in [4.78, 5) is 27.5. The molecule has 45 heavy (non-hydrogen) atoms. The summed E-state index contributed by atoms with van der Waals surface area (Å²) in [6, 6.07) is 3.33. The number of nitrogens with two attached hydrogens (primary N) is 2. The predicted molar refractivity (Wildman–Crippen MR) is 180 cm³/mol. The predicted octanol–water partition coefficient (Wildman–Crippen LogP) is 5.65. The number of unbranched alkanes of at least 4 members (excludes halogenated alkanes) is 1. The first-order valence-corrected chi connectivity index (χ1v) is 16.6. The Kier molecular flexibility index (Phi) is 16.7. The van der Waals surface area contributed by atoms with Crippen LogP contribution in [0.2, 0.25) is 0 Å². The molecular weight excluding hydrogens is 572 g/mol. The van der Waals surface area contributed by atoms with Crippen LogP contribution in [0.5, 0.6) is 0 Å². The van der Waals surface area contributed by atoms with Crippen molar-refractivity contribution in [3.63, 3.8) is 0 Å². The fourth-order valence-corrected chi connectivity index (χ4v) is 5.92. The van der Waals surface area contributed by atoms with Crippen LogP contribution in [0.4, 0.5) is 8.78 Å². The molecule has 1 heterocycles. The molecule has 1 aliphatic heterocycles. The Hall–Kier alpha value is -2.88. The molecule has 1 aromatic rings. The average molecular weight is 630 g/mol. The van der Waals surface area contributed by atoms with Crippen LogP contribution in [0.25, 0.3) is 0 Å². The molecule has 7 nitrogen and oxygen atoms in total. The molecule has 1 unspecified atom stereocenters. The first-order valence-electron chi connectivity index (χ1n) is 16.6. The zero-order valence-electron chi connectivity index (χ0n) is 28.2. The smallest absolute Gasteiger partial charge is 0.237 e. The fourth-order valence-electron chi connectivity index (χ4n) is 5.92. The second-order valence-corrected chi connectivity index (χ2v) is 13.1. The number of aryl methyl sites for hydroxylation is 1. The van der Waals surface area contributed by atoms with Crippen LogP contribution in [0.15, 0.2) is 53.1 Å². The number of hydrogen-bond acceptors (Lipinski definition) is 5. The molecule has 252 valence electrons. The van der Waals surface area contributed by atoms with Crippen LogP contribution >= 0.6 is 0 Å². The number of piperidine rings is 1. The Morgan fingerprint density at radius 1 is 1.16 bits per heavy atom. The fraction of sp³-hybridized carbons (Fsp3) is 0.611. The molecule has 1 saturated heterocycles. The zero-order chi connectivity index (χ0) is 33.4. The average Bonchev–Trinajstić information content (AvgIpc) is 3.19. The van der Waals surface area contributed by atoms with Crippen molar-refractivity contribution in [1.82, 2.24) is 15.1 Å². The molecule has 0 radical (unpaired) electrons. The van der Waals surface area contributed by atoms with Crippen molar-refractivity contribution in [2.75, 3.05) is 39.3 Å². The van der Waals surface area contributed by atoms with E-state index in [0.29, 0.717) is 37.4 Å². The minimum atomic E-state index is -0.513. The molecule has 0 spiro atoms. The van der Waals surface area contributed by atoms with E-state index in [2.05, 4.69) is 63.1 Å². The third-order valence-corrected chi connectivity index (χ3v) is 8.65. The van der Waals surface area contributed by atoms with Gasteiger partial charge in [0.05, 0.1) is 6.04 Å². The Balaban J connectivity index is 0.000000341. The van der Waals surface area contributed by atoms with Crippen molar-refractivity contribution in [2.45, 2.75) is 97.6 Å². The summed E-state index contributed by atoms with van der Waals surface area (Å²) in [5.41, 5.74) is 15.9. The largest absolute Gasteiger partial charge is 0.351 e. The summed E-state index contributed by atoms with van der Waals surface area (Å²) in [5.74, 6) is -0.620. The lowest BCUT2D eigenvalue weighted by molar-refractivity contribution is -0.122. The van der Waals surface area contributed by atoms with Crippen molar-refractivity contribution in [2.24, 2.45) is 17.4 Å². The molecular formula is C36H57F2N5O2. The number of hydrogen-bond donors (Lipinski definition) is 3. The standard InChI is InChI=1S/C21H34N4O2.C15H23F2N/c1-16-5-4-6-19(17-8-11-25(15-26)12-9-17)18(13-16)14-24-21(27)20(23)7-2-3-10-22;1-5-18(15(2,3)4)10-6-7-12-8-9-13(16)11-14(12)17/h5-6,13,15,17,20H,2-4,7-12,14,22-23H2,1H3,(H,24,27);8-9,11H,5-7,10H2,1-4H3. The highest BCUT2D eigenvalue weighted by atomic mass is 19.1. The van der Waals surface area contributed by atoms with Gasteiger partial charge in [-0.3, -0.25) is 14.5 Å². The van der Waals surface area contributed by atoms with E-state index in [1.807, 2.05) is 4.90 Å². The third kappa shape index (κ3) is 13.6. The summed E-state index contributed by atoms with van der Waals surface area (Å²) < 4.78 is 26.2. The van der Waals surface area contributed by atoms with Gasteiger partial charge in [0.2, 0.25) is 12.3 Å². The molecule has 1 aliphatic carbocycles. The van der Waals surface area contributed by atoms with Gasteiger partial charge in [0, 0.05) is 31.2 Å². The lowest BCUT2D eigenvalue weighted by Gasteiger charge is -2.34. The van der Waals surface area contributed by atoms with Gasteiger partial charge in [-0.05, 0) is 121 Å². The molecule has 9 heteroatoms. The van der Waals surface area contributed by atoms with E-state index in [1.165, 1.54) is 23.3 Å². The third-order valence-electron chi connectivity index (χ3n) is 8.65. The summed E-state index contributed by atoms with van der Waals surface area (Å²) >= 11 is 0. The van der Waals surface area contributed by atoms with Crippen molar-refractivity contribution < 1.29 is 18.4 Å². The van der Waals surface area contributed by atoms with E-state index in [9.17, 15) is 18.4 Å². The molecule has 1 aromatic carbocycles. The second kappa shape index (κ2) is 19.6. The number of nitrogens with zero attached hydrogens (tertiary/aromatic N) is 2. The van der Waals surface area contributed by atoms with Gasteiger partial charge >= 0.3 is 0 Å². The minimum Gasteiger partial charge on any atom is -0.351 e. The topological polar surface area (TPSA) is 105 Å². The van der Waals surface area contributed by atoms with E-state index in [4.69, 9.17) is 11.5 Å². The number of amides is 2. The Morgan fingerprint density at radius 3 is 2.47 bits per heavy atom. The van der Waals surface area contributed by atoms with E-state index >= 15 is 0 Å². The van der Waals surface area contributed by atoms with E-state index in [1.54, 1.807) is 0 Å². The van der Waals surface area contributed by atoms with E-state index in [0.717, 1.165) is 82.8 Å². The highest BCUT2D eigenvalue weighted by Crippen LogP contribution is 2.31. The monoisotopic (exact) mass is 629 g/mol. The van der Waals surface area contributed by atoms with Crippen molar-refractivity contribution in [1.29, 1.82) is 0 Å². The van der Waals surface area contributed by atoms with Gasteiger partial charge in [0.25, 0.3) is 0 Å². The normalized spacial score (nSPS) is 16.6. The van der Waals surface area contributed by atoms with Crippen molar-refractivity contribution in [3.8, 4) is 0 Å². The number of benzene rings is 1. The molecule has 2 amide bonds. The van der Waals surface area contributed by atoms with Crippen LogP contribution in [0, 0.1) is 17.6 Å². The van der Waals surface area contributed by atoms with Gasteiger partial charge in [-0.25, -0.2) is 8.78 Å². The van der Waals surface area contributed by atoms with E-state index in [-0.39, 0.29) is 11.4 Å². The summed E-state index contributed by atoms with van der Waals surface area (Å²) in [5, 5.41) is 3.02. The molecule has 1 atom stereocenters. The first-order chi connectivity index (χ1) is 21.4. The second-order valence-electron chi connectivity index (χ2n) is 13.1. The molecule has 0 bridgehead atoms. The number of rotatable bonds is 14. The molecule has 2 aliphatic rings. The van der Waals surface area contributed by atoms with Gasteiger partial charge in [-0.15, -0.1) is 0 Å². The number of carbonyl (C=O) groups excluding carboxylic acids is 2. The number of halogens is 2. The Labute approximate surface area is 270 Å². The highest BCUT2D eigenvalue weighted by Gasteiger charge is 2.25. The van der Waals surface area contributed by atoms with Gasteiger partial charge in [-0.2, -0.15) is 0 Å². The van der Waals surface area contributed by atoms with Crippen LogP contribution in [-0.4, -0.2) is 73.0 Å². The molecule has 0 saturated carbocycles. The van der Waals surface area contributed by atoms with Gasteiger partial charge in [-0.1, -0.05) is 43.2 Å². The zero-order valence-corrected chi connectivity index (χ0v) is 28.2. The summed E-state index contributed by atoms with van der Waals surface area (Å²) in [7, 11) is 0. The molecule has 1 fully saturated rings. The Bertz CT molecular complexity index is 1170. The molecule has 0 aromatic heterocycles. The summed E-state index contributed by atoms with van der Waals surface area (Å²) in [6.07, 6.45) is 14.4. The lowest BCUT2D eigenvalue weighted by atomic mass is 9.84. The number of likely N-dealkylation sites (tertiary alicyclic amines) is 1. The molecule has 5 N–H and O–H groups in total.